The van der Waals surface area contributed by atoms with Crippen molar-refractivity contribution in [1.82, 2.24) is 0 Å². The summed E-state index contributed by atoms with van der Waals surface area (Å²) in [6.07, 6.45) is 10.1. The van der Waals surface area contributed by atoms with Crippen molar-refractivity contribution in [3.05, 3.63) is 13.8 Å². The predicted molar refractivity (Wildman–Crippen MR) is 78.7 cm³/mol. The average molecular weight is 247 g/mol. The minimum Gasteiger partial charge on any atom is -0.412 e. The van der Waals surface area contributed by atoms with Crippen molar-refractivity contribution in [1.29, 1.82) is 0 Å². The van der Waals surface area contributed by atoms with Crippen LogP contribution in [-0.2, 0) is 0 Å². The fraction of sp³-hybridized carbons (Fsp3) is 0.846. The third-order valence-electron chi connectivity index (χ3n) is 1.71. The van der Waals surface area contributed by atoms with Gasteiger partial charge in [0.2, 0.25) is 0 Å². The molecule has 0 bridgehead atoms. The Bertz CT molecular complexity index is 45.9. The topological polar surface area (TPSA) is 63.0 Å². The molecule has 0 atom stereocenters. The van der Waals surface area contributed by atoms with Crippen LogP contribution in [0.2, 0.25) is 0 Å². The van der Waals surface area contributed by atoms with Crippen molar-refractivity contribution in [2.24, 2.45) is 0 Å². The van der Waals surface area contributed by atoms with Crippen LogP contribution in [0, 0.1) is 13.8 Å². The second kappa shape index (κ2) is 44.8. The van der Waals surface area contributed by atoms with Gasteiger partial charge < -0.3 is 24.8 Å². The molecule has 0 spiro atoms. The van der Waals surface area contributed by atoms with Crippen molar-refractivity contribution in [2.75, 3.05) is 0 Å². The number of unbranched alkanes of at least 4 members (excludes halogenated alkanes) is 6. The normalized spacial score (nSPS) is 6.75. The molecule has 0 saturated heterocycles. The second-order valence-corrected chi connectivity index (χ2v) is 3.12. The van der Waals surface area contributed by atoms with E-state index < -0.39 is 0 Å². The molecule has 3 heteroatoms. The van der Waals surface area contributed by atoms with E-state index in [2.05, 4.69) is 27.7 Å². The van der Waals surface area contributed by atoms with E-state index in [0.29, 0.717) is 0 Å². The van der Waals surface area contributed by atoms with Crippen LogP contribution in [0.4, 0.5) is 0 Å². The van der Waals surface area contributed by atoms with Crippen LogP contribution >= 0.6 is 0 Å². The van der Waals surface area contributed by atoms with Crippen LogP contribution in [0.25, 0.3) is 0 Å². The third kappa shape index (κ3) is 61.5. The van der Waals surface area contributed by atoms with Crippen LogP contribution in [0.3, 0.4) is 0 Å². The fourth-order valence-electron chi connectivity index (χ4n) is 0.854. The first-order valence-corrected chi connectivity index (χ1v) is 5.41. The molecule has 0 aliphatic rings. The average Bonchev–Trinajstić information content (AvgIpc) is 2.12. The molecule has 0 radical (unpaired) electrons. The van der Waals surface area contributed by atoms with Gasteiger partial charge in [-0.2, -0.15) is 12.8 Å². The summed E-state index contributed by atoms with van der Waals surface area (Å²) in [6.45, 7) is 11.9. The largest absolute Gasteiger partial charge is 2.00 e. The van der Waals surface area contributed by atoms with Crippen molar-refractivity contribution in [3.8, 4) is 0 Å². The Hall–Kier alpha value is 0.686. The van der Waals surface area contributed by atoms with Crippen molar-refractivity contribution in [3.63, 3.8) is 0 Å². The third-order valence-corrected chi connectivity index (χ3v) is 1.71. The summed E-state index contributed by atoms with van der Waals surface area (Å²) in [5.41, 5.74) is 0. The van der Waals surface area contributed by atoms with Gasteiger partial charge in [0, 0.05) is 0 Å². The zero-order valence-corrected chi connectivity index (χ0v) is 12.2. The molecule has 0 aromatic carbocycles. The Kier molecular flexibility index (Phi) is 101. The maximum Gasteiger partial charge on any atom is 2.00 e. The van der Waals surface area contributed by atoms with E-state index in [0.717, 1.165) is 12.8 Å². The Morgan fingerprint density at radius 1 is 0.688 bits per heavy atom. The summed E-state index contributed by atoms with van der Waals surface area (Å²) >= 11 is 0. The van der Waals surface area contributed by atoms with Gasteiger partial charge in [0.15, 0.2) is 0 Å². The molecule has 16 heavy (non-hydrogen) atoms. The summed E-state index contributed by atoms with van der Waals surface area (Å²) < 4.78 is 0. The van der Waals surface area contributed by atoms with Crippen LogP contribution in [0.1, 0.15) is 72.6 Å². The van der Waals surface area contributed by atoms with Gasteiger partial charge >= 0.3 is 23.1 Å². The van der Waals surface area contributed by atoms with Crippen LogP contribution in [0.5, 0.6) is 0 Å². The molecule has 0 fully saturated rings. The van der Waals surface area contributed by atoms with E-state index in [4.69, 9.17) is 0 Å². The number of rotatable bonds is 6. The molecule has 4 N–H and O–H groups in total. The molecule has 0 saturated carbocycles. The summed E-state index contributed by atoms with van der Waals surface area (Å²) in [4.78, 5) is 0. The monoisotopic (exact) mass is 246 g/mol. The molecule has 0 aliphatic heterocycles. The SMILES string of the molecule is C.O.O.[CH2-]CCCCC.[CH2-]CCCCC.[Mg+2]. The summed E-state index contributed by atoms with van der Waals surface area (Å²) in [6, 6.07) is 0. The van der Waals surface area contributed by atoms with Gasteiger partial charge in [0.05, 0.1) is 0 Å². The van der Waals surface area contributed by atoms with E-state index in [1.54, 1.807) is 0 Å². The zero-order valence-electron chi connectivity index (χ0n) is 10.8. The molecular weight excluding hydrogens is 212 g/mol. The molecule has 0 heterocycles. The van der Waals surface area contributed by atoms with Crippen molar-refractivity contribution < 1.29 is 11.0 Å². The van der Waals surface area contributed by atoms with E-state index in [1.165, 1.54) is 38.5 Å². The van der Waals surface area contributed by atoms with E-state index in [-0.39, 0.29) is 41.4 Å². The van der Waals surface area contributed by atoms with Gasteiger partial charge in [0.25, 0.3) is 0 Å². The molecule has 2 nitrogen and oxygen atoms in total. The zero-order chi connectivity index (χ0) is 9.66. The minimum atomic E-state index is 0. The van der Waals surface area contributed by atoms with Gasteiger partial charge in [-0.15, -0.1) is 0 Å². The smallest absolute Gasteiger partial charge is 0.412 e. The molecule has 100 valence electrons. The summed E-state index contributed by atoms with van der Waals surface area (Å²) in [5.74, 6) is 0. The van der Waals surface area contributed by atoms with Crippen LogP contribution in [0.15, 0.2) is 0 Å². The fourth-order valence-corrected chi connectivity index (χ4v) is 0.854. The van der Waals surface area contributed by atoms with E-state index in [1.807, 2.05) is 0 Å². The first-order chi connectivity index (χ1) is 5.83. The maximum absolute atomic E-state index is 3.72. The van der Waals surface area contributed by atoms with Crippen LogP contribution in [-0.4, -0.2) is 34.0 Å². The van der Waals surface area contributed by atoms with Gasteiger partial charge in [0.1, 0.15) is 0 Å². The molecule has 0 rings (SSSR count). The van der Waals surface area contributed by atoms with Gasteiger partial charge in [-0.05, 0) is 0 Å². The van der Waals surface area contributed by atoms with Crippen LogP contribution < -0.4 is 0 Å². The Labute approximate surface area is 120 Å². The Morgan fingerprint density at radius 2 is 0.938 bits per heavy atom. The summed E-state index contributed by atoms with van der Waals surface area (Å²) in [7, 11) is 0. The van der Waals surface area contributed by atoms with E-state index >= 15 is 0 Å². The Morgan fingerprint density at radius 3 is 1.00 bits per heavy atom. The molecular formula is C13H34MgO2. The van der Waals surface area contributed by atoms with Gasteiger partial charge in [-0.3, -0.25) is 0 Å². The molecule has 0 aromatic heterocycles. The number of hydrogen-bond donors (Lipinski definition) is 0. The first-order valence-electron chi connectivity index (χ1n) is 5.41. The first kappa shape index (κ1) is 36.0. The minimum absolute atomic E-state index is 0. The molecule has 0 unspecified atom stereocenters. The molecule has 0 aromatic rings. The van der Waals surface area contributed by atoms with Crippen molar-refractivity contribution >= 4 is 23.1 Å². The molecule has 0 amide bonds. The van der Waals surface area contributed by atoms with Crippen molar-refractivity contribution in [2.45, 2.75) is 72.6 Å². The standard InChI is InChI=1S/2C6H13.CH4.Mg.2H2O/c2*1-3-5-6-4-2;;;;/h2*1,3-6H2,2H3;1H4;;2*1H2/q2*-1;;+2;;. The van der Waals surface area contributed by atoms with Gasteiger partial charge in [-0.25, -0.2) is 0 Å². The maximum atomic E-state index is 3.72. The quantitative estimate of drug-likeness (QED) is 0.392. The predicted octanol–water partition coefficient (Wildman–Crippen LogP) is 3.41. The molecule has 0 aliphatic carbocycles. The number of hydrogen-bond acceptors (Lipinski definition) is 0. The summed E-state index contributed by atoms with van der Waals surface area (Å²) in [5, 5.41) is 0. The van der Waals surface area contributed by atoms with Gasteiger partial charge in [-0.1, -0.05) is 59.8 Å². The van der Waals surface area contributed by atoms with E-state index in [9.17, 15) is 0 Å². The Balaban J connectivity index is -0.0000000250. The second-order valence-electron chi connectivity index (χ2n) is 3.12.